The molecule has 0 bridgehead atoms. The number of carboxylic acid groups (broad SMARTS) is 1. The molecule has 16 heavy (non-hydrogen) atoms. The highest BCUT2D eigenvalue weighted by Gasteiger charge is 2.18. The smallest absolute Gasteiger partial charge is 0.338 e. The summed E-state index contributed by atoms with van der Waals surface area (Å²) in [6, 6.07) is 1.55. The second-order valence-corrected chi connectivity index (χ2v) is 4.11. The second-order valence-electron chi connectivity index (χ2n) is 4.11. The van der Waals surface area contributed by atoms with Crippen molar-refractivity contribution in [3.05, 3.63) is 23.7 Å². The lowest BCUT2D eigenvalue weighted by atomic mass is 10.1. The normalized spacial score (nSPS) is 18.8. The zero-order valence-electron chi connectivity index (χ0n) is 8.93. The van der Waals surface area contributed by atoms with E-state index in [4.69, 9.17) is 9.52 Å². The number of likely N-dealkylation sites (tertiary alicyclic amines) is 1. The van der Waals surface area contributed by atoms with E-state index >= 15 is 0 Å². The SMILES string of the molecule is O=C(O)c1coc(CN2CCC(O)CC2)c1. The van der Waals surface area contributed by atoms with Crippen LogP contribution in [0.3, 0.4) is 0 Å². The number of hydrogen-bond donors (Lipinski definition) is 2. The Labute approximate surface area is 93.3 Å². The van der Waals surface area contributed by atoms with Gasteiger partial charge in [0.05, 0.1) is 18.2 Å². The zero-order valence-corrected chi connectivity index (χ0v) is 8.93. The van der Waals surface area contributed by atoms with E-state index in [1.807, 2.05) is 0 Å². The molecule has 0 saturated carbocycles. The molecule has 0 atom stereocenters. The van der Waals surface area contributed by atoms with Crippen LogP contribution >= 0.6 is 0 Å². The van der Waals surface area contributed by atoms with Crippen LogP contribution in [0.4, 0.5) is 0 Å². The van der Waals surface area contributed by atoms with Gasteiger partial charge in [-0.3, -0.25) is 4.90 Å². The van der Waals surface area contributed by atoms with Crippen molar-refractivity contribution >= 4 is 5.97 Å². The van der Waals surface area contributed by atoms with E-state index in [0.717, 1.165) is 25.9 Å². The molecule has 1 aromatic heterocycles. The fourth-order valence-electron chi connectivity index (χ4n) is 1.87. The molecule has 0 aromatic carbocycles. The van der Waals surface area contributed by atoms with E-state index in [9.17, 15) is 9.90 Å². The molecule has 2 heterocycles. The van der Waals surface area contributed by atoms with Gasteiger partial charge in [0.15, 0.2) is 0 Å². The summed E-state index contributed by atoms with van der Waals surface area (Å²) in [7, 11) is 0. The number of carbonyl (C=O) groups is 1. The van der Waals surface area contributed by atoms with Crippen molar-refractivity contribution in [3.8, 4) is 0 Å². The molecular weight excluding hydrogens is 210 g/mol. The number of carboxylic acids is 1. The molecule has 1 saturated heterocycles. The summed E-state index contributed by atoms with van der Waals surface area (Å²) in [4.78, 5) is 12.8. The highest BCUT2D eigenvalue weighted by Crippen LogP contribution is 2.15. The Hall–Kier alpha value is -1.33. The third-order valence-electron chi connectivity index (χ3n) is 2.84. The molecule has 88 valence electrons. The van der Waals surface area contributed by atoms with E-state index in [0.29, 0.717) is 12.3 Å². The Morgan fingerprint density at radius 3 is 2.75 bits per heavy atom. The van der Waals surface area contributed by atoms with Crippen LogP contribution in [0.5, 0.6) is 0 Å². The quantitative estimate of drug-likeness (QED) is 0.800. The van der Waals surface area contributed by atoms with E-state index in [1.54, 1.807) is 6.07 Å². The highest BCUT2D eigenvalue weighted by atomic mass is 16.4. The van der Waals surface area contributed by atoms with Gasteiger partial charge in [0, 0.05) is 13.1 Å². The van der Waals surface area contributed by atoms with Crippen LogP contribution in [0, 0.1) is 0 Å². The van der Waals surface area contributed by atoms with Gasteiger partial charge in [-0.05, 0) is 18.9 Å². The van der Waals surface area contributed by atoms with Gasteiger partial charge in [0.25, 0.3) is 0 Å². The van der Waals surface area contributed by atoms with Crippen molar-refractivity contribution in [2.45, 2.75) is 25.5 Å². The molecule has 5 heteroatoms. The molecule has 2 N–H and O–H groups in total. The first-order valence-corrected chi connectivity index (χ1v) is 5.36. The van der Waals surface area contributed by atoms with E-state index < -0.39 is 5.97 Å². The maximum atomic E-state index is 10.6. The number of aliphatic hydroxyl groups excluding tert-OH is 1. The van der Waals surface area contributed by atoms with Crippen LogP contribution in [0.2, 0.25) is 0 Å². The first-order valence-electron chi connectivity index (χ1n) is 5.36. The number of hydrogen-bond acceptors (Lipinski definition) is 4. The Bertz CT molecular complexity index is 366. The molecule has 5 nitrogen and oxygen atoms in total. The molecular formula is C11H15NO4. The molecule has 1 fully saturated rings. The summed E-state index contributed by atoms with van der Waals surface area (Å²) in [5.41, 5.74) is 0.187. The minimum Gasteiger partial charge on any atom is -0.478 e. The summed E-state index contributed by atoms with van der Waals surface area (Å²) in [5.74, 6) is -0.308. The standard InChI is InChI=1S/C11H15NO4/c13-9-1-3-12(4-2-9)6-10-5-8(7-16-10)11(14)15/h5,7,9,13H,1-4,6H2,(H,14,15). The lowest BCUT2D eigenvalue weighted by molar-refractivity contribution is 0.0696. The number of rotatable bonds is 3. The average molecular weight is 225 g/mol. The van der Waals surface area contributed by atoms with Gasteiger partial charge in [0.1, 0.15) is 12.0 Å². The van der Waals surface area contributed by atoms with Gasteiger partial charge in [-0.15, -0.1) is 0 Å². The number of nitrogens with zero attached hydrogens (tertiary/aromatic N) is 1. The van der Waals surface area contributed by atoms with Gasteiger partial charge < -0.3 is 14.6 Å². The summed E-state index contributed by atoms with van der Waals surface area (Å²) >= 11 is 0. The fraction of sp³-hybridized carbons (Fsp3) is 0.545. The molecule has 1 aromatic rings. The van der Waals surface area contributed by atoms with Crippen molar-refractivity contribution in [1.29, 1.82) is 0 Å². The summed E-state index contributed by atoms with van der Waals surface area (Å²) in [6.07, 6.45) is 2.61. The largest absolute Gasteiger partial charge is 0.478 e. The third kappa shape index (κ3) is 2.62. The maximum absolute atomic E-state index is 10.6. The summed E-state index contributed by atoms with van der Waals surface area (Å²) < 4.78 is 5.17. The van der Waals surface area contributed by atoms with Gasteiger partial charge in [-0.2, -0.15) is 0 Å². The molecule has 0 aliphatic carbocycles. The van der Waals surface area contributed by atoms with Crippen LogP contribution < -0.4 is 0 Å². The van der Waals surface area contributed by atoms with Crippen LogP contribution in [0.1, 0.15) is 29.0 Å². The number of aliphatic hydroxyl groups is 1. The molecule has 0 unspecified atom stereocenters. The van der Waals surface area contributed by atoms with Gasteiger partial charge >= 0.3 is 5.97 Å². The molecule has 1 aliphatic heterocycles. The lowest BCUT2D eigenvalue weighted by Gasteiger charge is -2.28. The van der Waals surface area contributed by atoms with Crippen LogP contribution in [0.25, 0.3) is 0 Å². The van der Waals surface area contributed by atoms with Crippen LogP contribution in [0.15, 0.2) is 16.7 Å². The monoisotopic (exact) mass is 225 g/mol. The topological polar surface area (TPSA) is 73.9 Å². The first-order chi connectivity index (χ1) is 7.65. The van der Waals surface area contributed by atoms with Crippen molar-refractivity contribution < 1.29 is 19.4 Å². The van der Waals surface area contributed by atoms with E-state index in [1.165, 1.54) is 6.26 Å². The molecule has 0 radical (unpaired) electrons. The number of piperidine rings is 1. The van der Waals surface area contributed by atoms with Gasteiger partial charge in [0.2, 0.25) is 0 Å². The van der Waals surface area contributed by atoms with E-state index in [2.05, 4.69) is 4.90 Å². The molecule has 0 amide bonds. The number of aromatic carboxylic acids is 1. The Kier molecular flexibility index (Phi) is 3.26. The minimum absolute atomic E-state index is 0.187. The predicted molar refractivity (Wildman–Crippen MR) is 56.2 cm³/mol. The van der Waals surface area contributed by atoms with Crippen LogP contribution in [-0.4, -0.2) is 40.3 Å². The zero-order chi connectivity index (χ0) is 11.5. The first kappa shape index (κ1) is 11.2. The Morgan fingerprint density at radius 1 is 1.50 bits per heavy atom. The third-order valence-corrected chi connectivity index (χ3v) is 2.84. The highest BCUT2D eigenvalue weighted by molar-refractivity contribution is 5.87. The van der Waals surface area contributed by atoms with Crippen molar-refractivity contribution in [3.63, 3.8) is 0 Å². The average Bonchev–Trinajstić information content (AvgIpc) is 2.70. The van der Waals surface area contributed by atoms with E-state index in [-0.39, 0.29) is 11.7 Å². The van der Waals surface area contributed by atoms with Crippen molar-refractivity contribution in [2.24, 2.45) is 0 Å². The summed E-state index contributed by atoms with van der Waals surface area (Å²) in [6.45, 7) is 2.26. The van der Waals surface area contributed by atoms with Crippen molar-refractivity contribution in [1.82, 2.24) is 4.90 Å². The van der Waals surface area contributed by atoms with Crippen molar-refractivity contribution in [2.75, 3.05) is 13.1 Å². The Morgan fingerprint density at radius 2 is 2.19 bits per heavy atom. The summed E-state index contributed by atoms with van der Waals surface area (Å²) in [5, 5.41) is 18.1. The maximum Gasteiger partial charge on any atom is 0.338 e. The number of furan rings is 1. The predicted octanol–water partition coefficient (Wildman–Crippen LogP) is 0.934. The molecule has 1 aliphatic rings. The molecule has 0 spiro atoms. The second kappa shape index (κ2) is 4.67. The van der Waals surface area contributed by atoms with Gasteiger partial charge in [-0.25, -0.2) is 4.79 Å². The lowest BCUT2D eigenvalue weighted by Crippen LogP contribution is -2.35. The minimum atomic E-state index is -0.968. The van der Waals surface area contributed by atoms with Crippen LogP contribution in [-0.2, 0) is 6.54 Å². The Balaban J connectivity index is 1.91. The molecule has 2 rings (SSSR count). The fourth-order valence-corrected chi connectivity index (χ4v) is 1.87. The van der Waals surface area contributed by atoms with Gasteiger partial charge in [-0.1, -0.05) is 0 Å².